The highest BCUT2D eigenvalue weighted by atomic mass is 16.6. The van der Waals surface area contributed by atoms with Gasteiger partial charge in [-0.25, -0.2) is 4.79 Å². The van der Waals surface area contributed by atoms with Crippen molar-refractivity contribution in [2.45, 2.75) is 65.6 Å². The summed E-state index contributed by atoms with van der Waals surface area (Å²) >= 11 is 0. The third-order valence-electron chi connectivity index (χ3n) is 11.2. The average molecular weight is 718 g/mol. The fraction of sp³-hybridized carbons (Fsp3) is 0.419. The first-order valence-corrected chi connectivity index (χ1v) is 19.0. The van der Waals surface area contributed by atoms with Gasteiger partial charge >= 0.3 is 6.09 Å². The average Bonchev–Trinajstić information content (AvgIpc) is 3.48. The number of morpholine rings is 1. The predicted molar refractivity (Wildman–Crippen MR) is 205 cm³/mol. The van der Waals surface area contributed by atoms with Crippen LogP contribution in [0.4, 0.5) is 4.79 Å². The van der Waals surface area contributed by atoms with Gasteiger partial charge in [0.15, 0.2) is 0 Å². The number of ether oxygens (including phenoxy) is 2. The third kappa shape index (κ3) is 7.75. The summed E-state index contributed by atoms with van der Waals surface area (Å²) in [5.41, 5.74) is 8.22. The van der Waals surface area contributed by atoms with Crippen LogP contribution in [0.2, 0.25) is 0 Å². The van der Waals surface area contributed by atoms with Gasteiger partial charge in [0, 0.05) is 70.8 Å². The summed E-state index contributed by atoms with van der Waals surface area (Å²) in [7, 11) is 1.86. The van der Waals surface area contributed by atoms with E-state index in [1.165, 1.54) is 5.56 Å². The lowest BCUT2D eigenvalue weighted by atomic mass is 9.91. The van der Waals surface area contributed by atoms with Crippen molar-refractivity contribution in [1.29, 1.82) is 0 Å². The second kappa shape index (κ2) is 16.0. The van der Waals surface area contributed by atoms with Gasteiger partial charge in [0.25, 0.3) is 11.8 Å². The summed E-state index contributed by atoms with van der Waals surface area (Å²) in [5, 5.41) is 0. The monoisotopic (exact) mass is 717 g/mol. The lowest BCUT2D eigenvalue weighted by molar-refractivity contribution is 0.0192. The first kappa shape index (κ1) is 36.4. The van der Waals surface area contributed by atoms with Crippen molar-refractivity contribution < 1.29 is 23.9 Å². The van der Waals surface area contributed by atoms with Crippen LogP contribution in [-0.2, 0) is 30.7 Å². The Balaban J connectivity index is 1.28. The fourth-order valence-electron chi connectivity index (χ4n) is 7.87. The maximum atomic E-state index is 15.3. The summed E-state index contributed by atoms with van der Waals surface area (Å²) in [5.74, 6) is 0.419. The summed E-state index contributed by atoms with van der Waals surface area (Å²) in [6, 6.07) is 21.6. The molecule has 10 heteroatoms. The number of fused-ring (bicyclic) bond motifs is 2. The van der Waals surface area contributed by atoms with Crippen LogP contribution in [0.3, 0.4) is 0 Å². The molecule has 0 unspecified atom stereocenters. The molecule has 0 N–H and O–H groups in total. The second-order valence-electron chi connectivity index (χ2n) is 14.7. The number of benzene rings is 3. The summed E-state index contributed by atoms with van der Waals surface area (Å²) < 4.78 is 13.4. The summed E-state index contributed by atoms with van der Waals surface area (Å²) in [6.45, 7) is 12.0. The number of aromatic nitrogens is 1. The minimum atomic E-state index is -0.413. The number of carbonyl (C=O) groups excluding carboxylic acids is 3. The lowest BCUT2D eigenvalue weighted by Crippen LogP contribution is -2.52. The zero-order valence-electron chi connectivity index (χ0n) is 31.5. The molecule has 0 aliphatic carbocycles. The van der Waals surface area contributed by atoms with E-state index < -0.39 is 6.09 Å². The molecule has 10 nitrogen and oxygen atoms in total. The molecule has 1 atom stereocenters. The van der Waals surface area contributed by atoms with E-state index in [2.05, 4.69) is 36.1 Å². The van der Waals surface area contributed by atoms with Gasteiger partial charge in [0.2, 0.25) is 0 Å². The molecule has 278 valence electrons. The molecule has 3 aliphatic rings. The molecule has 0 bridgehead atoms. The fourth-order valence-corrected chi connectivity index (χ4v) is 7.87. The third-order valence-corrected chi connectivity index (χ3v) is 11.2. The number of rotatable bonds is 9. The Labute approximate surface area is 312 Å². The van der Waals surface area contributed by atoms with E-state index in [0.29, 0.717) is 62.7 Å². The van der Waals surface area contributed by atoms with Crippen molar-refractivity contribution in [2.24, 2.45) is 0 Å². The Morgan fingerprint density at radius 2 is 1.60 bits per heavy atom. The Kier molecular flexibility index (Phi) is 11.0. The zero-order valence-corrected chi connectivity index (χ0v) is 31.5. The molecule has 1 saturated heterocycles. The minimum Gasteiger partial charge on any atom is -0.410 e. The van der Waals surface area contributed by atoms with Crippen molar-refractivity contribution in [1.82, 2.24) is 24.2 Å². The van der Waals surface area contributed by atoms with Crippen molar-refractivity contribution >= 4 is 17.9 Å². The van der Waals surface area contributed by atoms with Gasteiger partial charge in [-0.3, -0.25) is 14.5 Å². The molecule has 3 aliphatic heterocycles. The van der Waals surface area contributed by atoms with Gasteiger partial charge < -0.3 is 28.7 Å². The van der Waals surface area contributed by atoms with Crippen molar-refractivity contribution in [3.05, 3.63) is 118 Å². The standard InChI is InChI=1S/C43H51N5O5/c1-5-6-17-44(4)41(49)39-29-47(31(3)30(39)2)40-25-33-16-18-46(43(51)53-37-14-8-7-9-15-37)26-35(33)24-38(40)42(50)48-27-34-13-11-10-12-32(34)23-36(48)28-45-19-21-52-22-20-45/h7-15,24-25,29,36H,5-6,16-23,26-28H2,1-4H3/t36-/m0/s1. The molecule has 0 spiro atoms. The van der Waals surface area contributed by atoms with E-state index in [-0.39, 0.29) is 17.9 Å². The van der Waals surface area contributed by atoms with Gasteiger partial charge in [-0.15, -0.1) is 0 Å². The molecule has 3 aromatic carbocycles. The number of hydrogen-bond donors (Lipinski definition) is 0. The van der Waals surface area contributed by atoms with Crippen LogP contribution in [-0.4, -0.2) is 101 Å². The van der Waals surface area contributed by atoms with Gasteiger partial charge in [0.05, 0.1) is 30.0 Å². The number of para-hydroxylation sites is 1. The lowest BCUT2D eigenvalue weighted by Gasteiger charge is -2.41. The zero-order chi connectivity index (χ0) is 37.1. The van der Waals surface area contributed by atoms with Gasteiger partial charge in [-0.05, 0) is 85.2 Å². The summed E-state index contributed by atoms with van der Waals surface area (Å²) in [4.78, 5) is 50.2. The largest absolute Gasteiger partial charge is 0.415 e. The molecule has 4 aromatic rings. The number of carbonyl (C=O) groups is 3. The molecular formula is C43H51N5O5. The van der Waals surface area contributed by atoms with Crippen molar-refractivity contribution in [3.63, 3.8) is 0 Å². The highest BCUT2D eigenvalue weighted by Gasteiger charge is 2.35. The normalized spacial score (nSPS) is 17.2. The van der Waals surface area contributed by atoms with Crippen LogP contribution in [0.5, 0.6) is 5.75 Å². The predicted octanol–water partition coefficient (Wildman–Crippen LogP) is 6.42. The molecule has 0 radical (unpaired) electrons. The van der Waals surface area contributed by atoms with E-state index in [9.17, 15) is 9.59 Å². The van der Waals surface area contributed by atoms with Gasteiger partial charge in [0.1, 0.15) is 5.75 Å². The molecular weight excluding hydrogens is 667 g/mol. The first-order chi connectivity index (χ1) is 25.7. The molecule has 1 fully saturated rings. The number of amides is 3. The van der Waals surface area contributed by atoms with Crippen LogP contribution in [0.25, 0.3) is 5.69 Å². The Bertz CT molecular complexity index is 1970. The van der Waals surface area contributed by atoms with Crippen molar-refractivity contribution in [3.8, 4) is 11.4 Å². The summed E-state index contributed by atoms with van der Waals surface area (Å²) in [6.07, 6.45) is 4.82. The maximum absolute atomic E-state index is 15.3. The Morgan fingerprint density at radius 1 is 0.868 bits per heavy atom. The molecule has 4 heterocycles. The maximum Gasteiger partial charge on any atom is 0.415 e. The topological polar surface area (TPSA) is 87.6 Å². The molecule has 0 saturated carbocycles. The SMILES string of the molecule is CCCCN(C)C(=O)c1cn(-c2cc3c(cc2C(=O)N2Cc4ccccc4C[C@H]2CN2CCOCC2)CN(C(=O)Oc2ccccc2)CC3)c(C)c1C. The molecule has 7 rings (SSSR count). The highest BCUT2D eigenvalue weighted by Crippen LogP contribution is 2.33. The second-order valence-corrected chi connectivity index (χ2v) is 14.7. The number of hydrogen-bond acceptors (Lipinski definition) is 6. The number of nitrogens with zero attached hydrogens (tertiary/aromatic N) is 5. The van der Waals surface area contributed by atoms with Crippen molar-refractivity contribution in [2.75, 3.05) is 53.0 Å². The van der Waals surface area contributed by atoms with E-state index in [1.54, 1.807) is 21.9 Å². The van der Waals surface area contributed by atoms with Crippen LogP contribution in [0, 0.1) is 13.8 Å². The molecule has 53 heavy (non-hydrogen) atoms. The smallest absolute Gasteiger partial charge is 0.410 e. The quantitative estimate of drug-likeness (QED) is 0.199. The first-order valence-electron chi connectivity index (χ1n) is 19.0. The van der Waals surface area contributed by atoms with Gasteiger partial charge in [-0.2, -0.15) is 0 Å². The van der Waals surface area contributed by atoms with E-state index in [0.717, 1.165) is 72.5 Å². The van der Waals surface area contributed by atoms with Crippen LogP contribution in [0.1, 0.15) is 74.0 Å². The van der Waals surface area contributed by atoms with Crippen LogP contribution < -0.4 is 4.74 Å². The molecule has 1 aromatic heterocycles. The highest BCUT2D eigenvalue weighted by molar-refractivity contribution is 6.00. The Hall–Kier alpha value is -4.93. The van der Waals surface area contributed by atoms with E-state index in [4.69, 9.17) is 9.47 Å². The molecule has 3 amide bonds. The van der Waals surface area contributed by atoms with E-state index in [1.807, 2.05) is 66.9 Å². The van der Waals surface area contributed by atoms with E-state index >= 15 is 4.79 Å². The number of unbranched alkanes of at least 4 members (excludes halogenated alkanes) is 1. The van der Waals surface area contributed by atoms with Crippen LogP contribution in [0.15, 0.2) is 72.9 Å². The Morgan fingerprint density at radius 3 is 2.36 bits per heavy atom. The van der Waals surface area contributed by atoms with Crippen LogP contribution >= 0.6 is 0 Å². The minimum absolute atomic E-state index is 0.0191. The van der Waals surface area contributed by atoms with Gasteiger partial charge in [-0.1, -0.05) is 55.8 Å².